The first-order valence-electron chi connectivity index (χ1n) is 4.99. The molecule has 0 bridgehead atoms. The maximum Gasteiger partial charge on any atom is 0.401 e. The van der Waals surface area contributed by atoms with Crippen LogP contribution < -0.4 is 5.32 Å². The summed E-state index contributed by atoms with van der Waals surface area (Å²) in [5, 5.41) is 11.2. The summed E-state index contributed by atoms with van der Waals surface area (Å²) in [5.74, 6) is 0. The summed E-state index contributed by atoms with van der Waals surface area (Å²) < 4.78 is 36.1. The lowest BCUT2D eigenvalue weighted by Crippen LogP contribution is -2.32. The highest BCUT2D eigenvalue weighted by molar-refractivity contribution is 5.18. The zero-order chi connectivity index (χ0) is 12.0. The number of hydrogen-bond donors (Lipinski definition) is 2. The minimum atomic E-state index is -4.23. The van der Waals surface area contributed by atoms with E-state index in [1.807, 2.05) is 0 Å². The van der Waals surface area contributed by atoms with E-state index in [2.05, 4.69) is 5.32 Å². The van der Waals surface area contributed by atoms with E-state index in [4.69, 9.17) is 5.11 Å². The van der Waals surface area contributed by atoms with Gasteiger partial charge in [-0.2, -0.15) is 13.2 Å². The monoisotopic (exact) mass is 233 g/mol. The van der Waals surface area contributed by atoms with E-state index in [-0.39, 0.29) is 13.0 Å². The van der Waals surface area contributed by atoms with Gasteiger partial charge in [-0.25, -0.2) is 0 Å². The van der Waals surface area contributed by atoms with Gasteiger partial charge in [-0.05, 0) is 12.0 Å². The molecule has 0 unspecified atom stereocenters. The molecular weight excluding hydrogens is 219 g/mol. The third-order valence-corrected chi connectivity index (χ3v) is 2.17. The molecule has 1 aromatic carbocycles. The van der Waals surface area contributed by atoms with Gasteiger partial charge in [0.15, 0.2) is 0 Å². The fraction of sp³-hybridized carbons (Fsp3) is 0.455. The van der Waals surface area contributed by atoms with Crippen molar-refractivity contribution in [1.29, 1.82) is 0 Å². The van der Waals surface area contributed by atoms with Crippen molar-refractivity contribution in [2.24, 2.45) is 0 Å². The molecule has 16 heavy (non-hydrogen) atoms. The zero-order valence-corrected chi connectivity index (χ0v) is 8.67. The van der Waals surface area contributed by atoms with Crippen LogP contribution in [0.5, 0.6) is 0 Å². The average Bonchev–Trinajstić information content (AvgIpc) is 2.24. The topological polar surface area (TPSA) is 32.3 Å². The van der Waals surface area contributed by atoms with E-state index >= 15 is 0 Å². The van der Waals surface area contributed by atoms with Crippen LogP contribution in [0.15, 0.2) is 30.3 Å². The normalized spacial score (nSPS) is 13.8. The fourth-order valence-corrected chi connectivity index (χ4v) is 1.44. The number of aliphatic hydroxyl groups is 1. The van der Waals surface area contributed by atoms with Gasteiger partial charge in [0, 0.05) is 12.6 Å². The van der Waals surface area contributed by atoms with Gasteiger partial charge < -0.3 is 10.4 Å². The first-order chi connectivity index (χ1) is 7.53. The zero-order valence-electron chi connectivity index (χ0n) is 8.67. The molecule has 1 atom stereocenters. The second kappa shape index (κ2) is 5.86. The van der Waals surface area contributed by atoms with Gasteiger partial charge in [-0.1, -0.05) is 30.3 Å². The fourth-order valence-electron chi connectivity index (χ4n) is 1.44. The molecule has 90 valence electrons. The van der Waals surface area contributed by atoms with Crippen LogP contribution in [-0.2, 0) is 0 Å². The predicted molar refractivity (Wildman–Crippen MR) is 54.9 cm³/mol. The van der Waals surface area contributed by atoms with Gasteiger partial charge in [-0.15, -0.1) is 0 Å². The van der Waals surface area contributed by atoms with Crippen molar-refractivity contribution >= 4 is 0 Å². The third kappa shape index (κ3) is 4.63. The lowest BCUT2D eigenvalue weighted by Gasteiger charge is -2.19. The summed E-state index contributed by atoms with van der Waals surface area (Å²) in [6.45, 7) is -1.20. The van der Waals surface area contributed by atoms with Gasteiger partial charge in [0.25, 0.3) is 0 Å². The number of benzene rings is 1. The molecule has 0 aliphatic rings. The smallest absolute Gasteiger partial charge is 0.396 e. The molecule has 0 amide bonds. The highest BCUT2D eigenvalue weighted by atomic mass is 19.4. The quantitative estimate of drug-likeness (QED) is 0.817. The Hall–Kier alpha value is -1.07. The Morgan fingerprint density at radius 1 is 1.19 bits per heavy atom. The van der Waals surface area contributed by atoms with Crippen molar-refractivity contribution in [2.45, 2.75) is 18.6 Å². The van der Waals surface area contributed by atoms with Crippen LogP contribution in [0, 0.1) is 0 Å². The Morgan fingerprint density at radius 3 is 2.31 bits per heavy atom. The van der Waals surface area contributed by atoms with E-state index < -0.39 is 18.8 Å². The number of aliphatic hydroxyl groups excluding tert-OH is 1. The maximum atomic E-state index is 12.0. The summed E-state index contributed by atoms with van der Waals surface area (Å²) in [6, 6.07) is 8.33. The Bertz CT molecular complexity index is 300. The summed E-state index contributed by atoms with van der Waals surface area (Å²) in [4.78, 5) is 0. The molecule has 5 heteroatoms. The Balaban J connectivity index is 2.61. The van der Waals surface area contributed by atoms with Crippen LogP contribution >= 0.6 is 0 Å². The van der Waals surface area contributed by atoms with Gasteiger partial charge >= 0.3 is 6.18 Å². The molecular formula is C11H14F3NO. The molecule has 2 nitrogen and oxygen atoms in total. The third-order valence-electron chi connectivity index (χ3n) is 2.17. The van der Waals surface area contributed by atoms with Crippen LogP contribution in [0.25, 0.3) is 0 Å². The second-order valence-corrected chi connectivity index (χ2v) is 3.47. The first kappa shape index (κ1) is 13.0. The van der Waals surface area contributed by atoms with Crippen molar-refractivity contribution in [3.63, 3.8) is 0 Å². The van der Waals surface area contributed by atoms with E-state index in [1.165, 1.54) is 0 Å². The van der Waals surface area contributed by atoms with Gasteiger partial charge in [0.2, 0.25) is 0 Å². The first-order valence-corrected chi connectivity index (χ1v) is 4.99. The summed E-state index contributed by atoms with van der Waals surface area (Å²) in [6.07, 6.45) is -3.97. The molecule has 1 aromatic rings. The Morgan fingerprint density at radius 2 is 1.81 bits per heavy atom. The van der Waals surface area contributed by atoms with Crippen molar-refractivity contribution in [2.75, 3.05) is 13.2 Å². The van der Waals surface area contributed by atoms with Crippen molar-refractivity contribution in [3.8, 4) is 0 Å². The second-order valence-electron chi connectivity index (χ2n) is 3.47. The minimum Gasteiger partial charge on any atom is -0.396 e. The standard InChI is InChI=1S/C11H14F3NO/c12-11(13,14)8-15-10(6-7-16)9-4-2-1-3-5-9/h1-5,10,15-16H,6-8H2/t10-/m0/s1. The minimum absolute atomic E-state index is 0.148. The molecule has 0 saturated carbocycles. The van der Waals surface area contributed by atoms with Gasteiger partial charge in [-0.3, -0.25) is 0 Å². The molecule has 2 N–H and O–H groups in total. The van der Waals surface area contributed by atoms with Crippen molar-refractivity contribution in [1.82, 2.24) is 5.32 Å². The Kier molecular flexibility index (Phi) is 4.76. The number of halogens is 3. The molecule has 0 radical (unpaired) electrons. The van der Waals surface area contributed by atoms with Crippen LogP contribution in [0.2, 0.25) is 0 Å². The van der Waals surface area contributed by atoms with E-state index in [0.717, 1.165) is 5.56 Å². The van der Waals surface area contributed by atoms with E-state index in [0.29, 0.717) is 0 Å². The Labute approximate surface area is 92.1 Å². The molecule has 1 rings (SSSR count). The number of rotatable bonds is 5. The van der Waals surface area contributed by atoms with Crippen LogP contribution in [0.1, 0.15) is 18.0 Å². The number of nitrogens with one attached hydrogen (secondary N) is 1. The van der Waals surface area contributed by atoms with Crippen molar-refractivity contribution in [3.05, 3.63) is 35.9 Å². The molecule has 0 aliphatic carbocycles. The molecule has 0 aromatic heterocycles. The summed E-state index contributed by atoms with van der Waals surface area (Å²) in [7, 11) is 0. The largest absolute Gasteiger partial charge is 0.401 e. The van der Waals surface area contributed by atoms with Gasteiger partial charge in [0.05, 0.1) is 6.54 Å². The average molecular weight is 233 g/mol. The predicted octanol–water partition coefficient (Wildman–Crippen LogP) is 2.26. The molecule has 0 fully saturated rings. The molecule has 0 aliphatic heterocycles. The highest BCUT2D eigenvalue weighted by Crippen LogP contribution is 2.19. The maximum absolute atomic E-state index is 12.0. The number of hydrogen-bond acceptors (Lipinski definition) is 2. The molecule has 0 heterocycles. The van der Waals surface area contributed by atoms with Crippen molar-refractivity contribution < 1.29 is 18.3 Å². The van der Waals surface area contributed by atoms with Crippen LogP contribution in [-0.4, -0.2) is 24.4 Å². The molecule has 0 saturated heterocycles. The van der Waals surface area contributed by atoms with Crippen LogP contribution in [0.4, 0.5) is 13.2 Å². The lowest BCUT2D eigenvalue weighted by atomic mass is 10.0. The van der Waals surface area contributed by atoms with Gasteiger partial charge in [0.1, 0.15) is 0 Å². The SMILES string of the molecule is OCC[C@H](NCC(F)(F)F)c1ccccc1. The highest BCUT2D eigenvalue weighted by Gasteiger charge is 2.28. The summed E-state index contributed by atoms with van der Waals surface area (Å²) >= 11 is 0. The van der Waals surface area contributed by atoms with Crippen LogP contribution in [0.3, 0.4) is 0 Å². The summed E-state index contributed by atoms with van der Waals surface area (Å²) in [5.41, 5.74) is 0.751. The van der Waals surface area contributed by atoms with E-state index in [1.54, 1.807) is 30.3 Å². The number of alkyl halides is 3. The van der Waals surface area contributed by atoms with E-state index in [9.17, 15) is 13.2 Å². The lowest BCUT2D eigenvalue weighted by molar-refractivity contribution is -0.126. The molecule has 0 spiro atoms.